The number of aromatic amines is 1. The van der Waals surface area contributed by atoms with Gasteiger partial charge < -0.3 is 5.32 Å². The van der Waals surface area contributed by atoms with Crippen LogP contribution in [0.1, 0.15) is 28.0 Å². The molecule has 0 aliphatic carbocycles. The maximum Gasteiger partial charge on any atom is 0.254 e. The normalized spacial score (nSPS) is 18.8. The number of nitrogens with one attached hydrogen (secondary N) is 2. The summed E-state index contributed by atoms with van der Waals surface area (Å²) in [5.74, 6) is -0.0344. The van der Waals surface area contributed by atoms with Gasteiger partial charge in [-0.15, -0.1) is 0 Å². The predicted molar refractivity (Wildman–Crippen MR) is 80.9 cm³/mol. The Hall–Kier alpha value is -2.14. The molecule has 2 heterocycles. The molecule has 2 N–H and O–H groups in total. The fourth-order valence-electron chi connectivity index (χ4n) is 2.78. The average molecular weight is 284 g/mol. The molecule has 1 amide bonds. The van der Waals surface area contributed by atoms with Gasteiger partial charge in [0.2, 0.25) is 0 Å². The minimum Gasteiger partial charge on any atom is -0.348 e. The minimum atomic E-state index is -0.0344. The van der Waals surface area contributed by atoms with Crippen LogP contribution >= 0.6 is 0 Å². The lowest BCUT2D eigenvalue weighted by atomic mass is 10.2. The van der Waals surface area contributed by atoms with Crippen LogP contribution in [0.5, 0.6) is 0 Å². The Morgan fingerprint density at radius 1 is 1.43 bits per heavy atom. The Morgan fingerprint density at radius 3 is 2.95 bits per heavy atom. The number of carbonyl (C=O) groups is 1. The molecule has 1 aromatic heterocycles. The van der Waals surface area contributed by atoms with Gasteiger partial charge in [0.05, 0.1) is 11.8 Å². The molecule has 1 aromatic carbocycles. The molecule has 110 valence electrons. The Morgan fingerprint density at radius 2 is 2.24 bits per heavy atom. The monoisotopic (exact) mass is 284 g/mol. The highest BCUT2D eigenvalue weighted by atomic mass is 16.1. The number of carbonyl (C=O) groups excluding carboxylic acids is 1. The second kappa shape index (κ2) is 6.10. The highest BCUT2D eigenvalue weighted by Crippen LogP contribution is 2.14. The van der Waals surface area contributed by atoms with Crippen molar-refractivity contribution < 1.29 is 4.79 Å². The van der Waals surface area contributed by atoms with E-state index in [0.717, 1.165) is 31.7 Å². The number of amides is 1. The Bertz CT molecular complexity index is 608. The van der Waals surface area contributed by atoms with Gasteiger partial charge in [0.1, 0.15) is 0 Å². The molecule has 1 saturated heterocycles. The van der Waals surface area contributed by atoms with Crippen LogP contribution in [-0.2, 0) is 6.54 Å². The molecule has 1 unspecified atom stereocenters. The van der Waals surface area contributed by atoms with E-state index < -0.39 is 0 Å². The molecule has 0 spiro atoms. The standard InChI is InChI=1S/C16H20N4O/c1-12-15(9-17-19-12)16(21)18-14-7-8-20(11-14)10-13-5-3-2-4-6-13/h2-6,9,14H,7-8,10-11H2,1H3,(H,17,19)(H,18,21). The molecule has 1 aliphatic rings. The Kier molecular flexibility index (Phi) is 4.01. The molecule has 5 nitrogen and oxygen atoms in total. The molecule has 1 aliphatic heterocycles. The highest BCUT2D eigenvalue weighted by Gasteiger charge is 2.24. The van der Waals surface area contributed by atoms with Gasteiger partial charge in [0.15, 0.2) is 0 Å². The van der Waals surface area contributed by atoms with Crippen molar-refractivity contribution in [3.8, 4) is 0 Å². The summed E-state index contributed by atoms with van der Waals surface area (Å²) in [6.07, 6.45) is 2.58. The zero-order valence-electron chi connectivity index (χ0n) is 12.2. The molecule has 0 radical (unpaired) electrons. The summed E-state index contributed by atoms with van der Waals surface area (Å²) in [7, 11) is 0. The van der Waals surface area contributed by atoms with E-state index in [2.05, 4.69) is 44.7 Å². The van der Waals surface area contributed by atoms with E-state index in [4.69, 9.17) is 0 Å². The lowest BCUT2D eigenvalue weighted by Crippen LogP contribution is -2.37. The molecule has 1 fully saturated rings. The van der Waals surface area contributed by atoms with Crippen LogP contribution in [0.15, 0.2) is 36.5 Å². The lowest BCUT2D eigenvalue weighted by molar-refractivity contribution is 0.0937. The van der Waals surface area contributed by atoms with Crippen LogP contribution in [0.2, 0.25) is 0 Å². The molecule has 1 atom stereocenters. The maximum atomic E-state index is 12.2. The number of benzene rings is 1. The van der Waals surface area contributed by atoms with Gasteiger partial charge in [0.25, 0.3) is 5.91 Å². The van der Waals surface area contributed by atoms with Crippen molar-refractivity contribution in [2.45, 2.75) is 25.9 Å². The van der Waals surface area contributed by atoms with Crippen LogP contribution < -0.4 is 5.32 Å². The zero-order chi connectivity index (χ0) is 14.7. The Balaban J connectivity index is 1.53. The number of aryl methyl sites for hydroxylation is 1. The van der Waals surface area contributed by atoms with Crippen molar-refractivity contribution in [2.75, 3.05) is 13.1 Å². The zero-order valence-corrected chi connectivity index (χ0v) is 12.2. The lowest BCUT2D eigenvalue weighted by Gasteiger charge is -2.16. The van der Waals surface area contributed by atoms with Crippen LogP contribution in [-0.4, -0.2) is 40.1 Å². The number of nitrogens with zero attached hydrogens (tertiary/aromatic N) is 2. The fourth-order valence-corrected chi connectivity index (χ4v) is 2.78. The number of hydrogen-bond acceptors (Lipinski definition) is 3. The van der Waals surface area contributed by atoms with Gasteiger partial charge >= 0.3 is 0 Å². The first kappa shape index (κ1) is 13.8. The first-order valence-corrected chi connectivity index (χ1v) is 7.29. The summed E-state index contributed by atoms with van der Waals surface area (Å²) in [6.45, 7) is 4.72. The third-order valence-corrected chi connectivity index (χ3v) is 3.93. The second-order valence-electron chi connectivity index (χ2n) is 5.59. The van der Waals surface area contributed by atoms with Crippen molar-refractivity contribution in [1.29, 1.82) is 0 Å². The van der Waals surface area contributed by atoms with Crippen molar-refractivity contribution in [3.63, 3.8) is 0 Å². The minimum absolute atomic E-state index is 0.0344. The summed E-state index contributed by atoms with van der Waals surface area (Å²) in [4.78, 5) is 14.5. The summed E-state index contributed by atoms with van der Waals surface area (Å²) in [5.41, 5.74) is 2.76. The van der Waals surface area contributed by atoms with Crippen LogP contribution in [0, 0.1) is 6.92 Å². The summed E-state index contributed by atoms with van der Waals surface area (Å²) in [5, 5.41) is 9.78. The number of H-pyrrole nitrogens is 1. The van der Waals surface area contributed by atoms with Gasteiger partial charge in [0, 0.05) is 31.4 Å². The SMILES string of the molecule is Cc1[nH]ncc1C(=O)NC1CCN(Cc2ccccc2)C1. The summed E-state index contributed by atoms with van der Waals surface area (Å²) < 4.78 is 0. The van der Waals surface area contributed by atoms with Crippen molar-refractivity contribution in [2.24, 2.45) is 0 Å². The third kappa shape index (κ3) is 3.31. The van der Waals surface area contributed by atoms with Crippen LogP contribution in [0.25, 0.3) is 0 Å². The maximum absolute atomic E-state index is 12.2. The van der Waals surface area contributed by atoms with E-state index in [1.54, 1.807) is 6.20 Å². The van der Waals surface area contributed by atoms with E-state index in [1.807, 2.05) is 13.0 Å². The Labute approximate surface area is 124 Å². The highest BCUT2D eigenvalue weighted by molar-refractivity contribution is 5.95. The van der Waals surface area contributed by atoms with Gasteiger partial charge in [-0.25, -0.2) is 0 Å². The van der Waals surface area contributed by atoms with Gasteiger partial charge in [-0.3, -0.25) is 14.8 Å². The first-order valence-electron chi connectivity index (χ1n) is 7.29. The molecule has 2 aromatic rings. The average Bonchev–Trinajstić information content (AvgIpc) is 3.09. The third-order valence-electron chi connectivity index (χ3n) is 3.93. The molecule has 21 heavy (non-hydrogen) atoms. The number of aromatic nitrogens is 2. The fraction of sp³-hybridized carbons (Fsp3) is 0.375. The van der Waals surface area contributed by atoms with Gasteiger partial charge in [-0.05, 0) is 18.9 Å². The van der Waals surface area contributed by atoms with Crippen molar-refractivity contribution >= 4 is 5.91 Å². The summed E-state index contributed by atoms with van der Waals surface area (Å²) in [6, 6.07) is 10.7. The van der Waals surface area contributed by atoms with Gasteiger partial charge in [-0.2, -0.15) is 5.10 Å². The number of hydrogen-bond donors (Lipinski definition) is 2. The van der Waals surface area contributed by atoms with Crippen LogP contribution in [0.3, 0.4) is 0 Å². The van der Waals surface area contributed by atoms with Gasteiger partial charge in [-0.1, -0.05) is 30.3 Å². The van der Waals surface area contributed by atoms with Crippen molar-refractivity contribution in [3.05, 3.63) is 53.3 Å². The van der Waals surface area contributed by atoms with E-state index in [0.29, 0.717) is 5.56 Å². The largest absolute Gasteiger partial charge is 0.348 e. The molecule has 0 bridgehead atoms. The van der Waals surface area contributed by atoms with E-state index >= 15 is 0 Å². The van der Waals surface area contributed by atoms with E-state index in [1.165, 1.54) is 5.56 Å². The summed E-state index contributed by atoms with van der Waals surface area (Å²) >= 11 is 0. The molecule has 5 heteroatoms. The second-order valence-corrected chi connectivity index (χ2v) is 5.59. The quantitative estimate of drug-likeness (QED) is 0.898. The predicted octanol–water partition coefficient (Wildman–Crippen LogP) is 1.72. The smallest absolute Gasteiger partial charge is 0.254 e. The molecular weight excluding hydrogens is 264 g/mol. The van der Waals surface area contributed by atoms with E-state index in [-0.39, 0.29) is 11.9 Å². The number of rotatable bonds is 4. The topological polar surface area (TPSA) is 61.0 Å². The van der Waals surface area contributed by atoms with E-state index in [9.17, 15) is 4.79 Å². The molecule has 0 saturated carbocycles. The molecule has 3 rings (SSSR count). The number of likely N-dealkylation sites (tertiary alicyclic amines) is 1. The first-order chi connectivity index (χ1) is 10.2. The van der Waals surface area contributed by atoms with Crippen molar-refractivity contribution in [1.82, 2.24) is 20.4 Å². The van der Waals surface area contributed by atoms with Crippen LogP contribution in [0.4, 0.5) is 0 Å². The molecular formula is C16H20N4O.